The minimum absolute atomic E-state index is 0.00474. The van der Waals surface area contributed by atoms with Gasteiger partial charge in [0.15, 0.2) is 6.29 Å². The van der Waals surface area contributed by atoms with E-state index < -0.39 is 49.5 Å². The van der Waals surface area contributed by atoms with Crippen LogP contribution in [-0.4, -0.2) is 100 Å². The summed E-state index contributed by atoms with van der Waals surface area (Å²) >= 11 is 0. The highest BCUT2D eigenvalue weighted by molar-refractivity contribution is 5.76. The quantitative estimate of drug-likeness (QED) is 0.0195. The minimum atomic E-state index is -1.57. The van der Waals surface area contributed by atoms with Gasteiger partial charge < -0.3 is 45.1 Å². The van der Waals surface area contributed by atoms with E-state index in [9.17, 15) is 35.1 Å². The number of carbonyl (C=O) groups is 2. The third kappa shape index (κ3) is 54.0. The molecule has 1 aliphatic rings. The van der Waals surface area contributed by atoms with Crippen LogP contribution in [0.1, 0.15) is 354 Å². The van der Waals surface area contributed by atoms with E-state index in [4.69, 9.17) is 14.2 Å². The number of ether oxygens (including phenoxy) is 3. The highest BCUT2D eigenvalue weighted by atomic mass is 16.7. The lowest BCUT2D eigenvalue weighted by Crippen LogP contribution is -2.60. The molecule has 11 heteroatoms. The maximum Gasteiger partial charge on any atom is 0.305 e. The van der Waals surface area contributed by atoms with Crippen molar-refractivity contribution in [3.8, 4) is 0 Å². The third-order valence-electron chi connectivity index (χ3n) is 17.6. The Balaban J connectivity index is 1.92. The molecule has 1 aliphatic heterocycles. The van der Waals surface area contributed by atoms with Crippen LogP contribution in [0.3, 0.4) is 0 Å². The summed E-state index contributed by atoms with van der Waals surface area (Å²) in [5.74, 6) is -0.184. The third-order valence-corrected chi connectivity index (χ3v) is 17.6. The molecule has 1 fully saturated rings. The Morgan fingerprint density at radius 2 is 0.773 bits per heavy atom. The van der Waals surface area contributed by atoms with Gasteiger partial charge in [0.1, 0.15) is 24.4 Å². The van der Waals surface area contributed by atoms with E-state index in [1.807, 2.05) is 6.08 Å². The first kappa shape index (κ1) is 83.4. The van der Waals surface area contributed by atoms with E-state index in [-0.39, 0.29) is 18.5 Å². The molecular weight excluding hydrogens is 1100 g/mol. The summed E-state index contributed by atoms with van der Waals surface area (Å²) in [5.41, 5.74) is 0. The van der Waals surface area contributed by atoms with Crippen molar-refractivity contribution in [3.63, 3.8) is 0 Å². The monoisotopic (exact) mass is 1240 g/mol. The normalized spacial score (nSPS) is 18.1. The van der Waals surface area contributed by atoms with Gasteiger partial charge in [0.2, 0.25) is 5.91 Å². The second-order valence-corrected chi connectivity index (χ2v) is 26.0. The Kier molecular flexibility index (Phi) is 62.4. The van der Waals surface area contributed by atoms with Gasteiger partial charge in [-0.1, -0.05) is 312 Å². The number of hydrogen-bond acceptors (Lipinski definition) is 10. The van der Waals surface area contributed by atoms with E-state index in [1.54, 1.807) is 6.08 Å². The fraction of sp³-hybridized carbons (Fsp3) is 0.844. The fourth-order valence-electron chi connectivity index (χ4n) is 11.7. The van der Waals surface area contributed by atoms with Gasteiger partial charge in [-0.3, -0.25) is 9.59 Å². The molecule has 0 bridgehead atoms. The number of carbonyl (C=O) groups excluding carboxylic acids is 2. The predicted octanol–water partition coefficient (Wildman–Crippen LogP) is 19.7. The Hall–Kier alpha value is -2.64. The van der Waals surface area contributed by atoms with Crippen molar-refractivity contribution in [2.45, 2.75) is 397 Å². The number of unbranched alkanes of at least 4 members (excludes halogenated alkanes) is 44. The van der Waals surface area contributed by atoms with Crippen molar-refractivity contribution in [2.75, 3.05) is 19.8 Å². The summed E-state index contributed by atoms with van der Waals surface area (Å²) in [6.45, 7) is 4.31. The Labute approximate surface area is 541 Å². The molecule has 0 aromatic rings. The number of amides is 1. The van der Waals surface area contributed by atoms with Crippen molar-refractivity contribution in [1.29, 1.82) is 0 Å². The number of aliphatic hydroxyl groups is 5. The molecule has 7 unspecified atom stereocenters. The van der Waals surface area contributed by atoms with Gasteiger partial charge in [0.25, 0.3) is 0 Å². The zero-order valence-corrected chi connectivity index (χ0v) is 57.2. The molecule has 7 atom stereocenters. The Bertz CT molecular complexity index is 1650. The van der Waals surface area contributed by atoms with Gasteiger partial charge in [-0.25, -0.2) is 0 Å². The molecule has 11 nitrogen and oxygen atoms in total. The molecule has 514 valence electrons. The molecule has 6 N–H and O–H groups in total. The number of allylic oxidation sites excluding steroid dienone is 9. The lowest BCUT2D eigenvalue weighted by molar-refractivity contribution is -0.302. The second kappa shape index (κ2) is 65.8. The summed E-state index contributed by atoms with van der Waals surface area (Å²) in [6, 6.07) is -0.808. The lowest BCUT2D eigenvalue weighted by Gasteiger charge is -2.40. The van der Waals surface area contributed by atoms with Gasteiger partial charge in [0.05, 0.1) is 32.0 Å². The molecule has 0 spiro atoms. The maximum absolute atomic E-state index is 13.1. The van der Waals surface area contributed by atoms with Gasteiger partial charge in [-0.05, 0) is 89.9 Å². The summed E-state index contributed by atoms with van der Waals surface area (Å²) in [5, 5.41) is 54.4. The first-order valence-corrected chi connectivity index (χ1v) is 37.6. The number of rotatable bonds is 66. The van der Waals surface area contributed by atoms with Crippen molar-refractivity contribution >= 4 is 11.9 Å². The highest BCUT2D eigenvalue weighted by Gasteiger charge is 2.44. The van der Waals surface area contributed by atoms with Crippen LogP contribution in [-0.2, 0) is 23.8 Å². The molecule has 0 aliphatic carbocycles. The van der Waals surface area contributed by atoms with E-state index in [0.717, 1.165) is 70.6 Å². The Morgan fingerprint density at radius 1 is 0.420 bits per heavy atom. The zero-order chi connectivity index (χ0) is 63.7. The number of esters is 1. The SMILES string of the molecule is CCCC/C=C\C/C=C\CCCCCCCC(=O)OCCCCCCCCCCCCC/C=C\C/C=C\CCCCCCCCCCCCCCCCCCCC(=O)NC(COC1OC(CO)C(O)C(O)C1O)C(O)/C=C/CCCCCCCCCCC. The van der Waals surface area contributed by atoms with Crippen molar-refractivity contribution in [1.82, 2.24) is 5.32 Å². The maximum atomic E-state index is 13.1. The standard InChI is InChI=1S/C77H141NO10/c1-3-5-7-9-11-13-15-16-41-45-49-53-57-61-65-73(82)86-66-62-58-54-50-46-42-39-37-35-33-31-29-27-25-23-21-19-17-18-20-22-24-26-28-30-32-34-36-38-40-44-48-52-56-60-64-72(81)78-69(68-87-77-76(85)75(84)74(83)71(67-79)88-77)70(80)63-59-55-51-47-43-14-12-10-8-6-4-2/h9,11,15-16,19,21,25,27,59,63,69-71,74-77,79-80,83-85H,3-8,10,12-14,17-18,20,22-24,26,28-58,60-62,64-68H2,1-2H3,(H,78,81)/b11-9-,16-15-,21-19-,27-25-,63-59+. The highest BCUT2D eigenvalue weighted by Crippen LogP contribution is 2.23. The molecule has 0 aromatic carbocycles. The van der Waals surface area contributed by atoms with Crippen LogP contribution in [0, 0.1) is 0 Å². The molecule has 1 amide bonds. The topological polar surface area (TPSA) is 175 Å². The smallest absolute Gasteiger partial charge is 0.305 e. The molecule has 0 radical (unpaired) electrons. The van der Waals surface area contributed by atoms with Crippen molar-refractivity contribution in [3.05, 3.63) is 60.8 Å². The lowest BCUT2D eigenvalue weighted by atomic mass is 9.99. The molecule has 1 saturated heterocycles. The largest absolute Gasteiger partial charge is 0.466 e. The Morgan fingerprint density at radius 3 is 1.18 bits per heavy atom. The van der Waals surface area contributed by atoms with Crippen molar-refractivity contribution in [2.24, 2.45) is 0 Å². The number of nitrogens with one attached hydrogen (secondary N) is 1. The van der Waals surface area contributed by atoms with E-state index >= 15 is 0 Å². The number of aliphatic hydroxyl groups excluding tert-OH is 5. The summed E-state index contributed by atoms with van der Waals surface area (Å²) < 4.78 is 16.7. The van der Waals surface area contributed by atoms with Crippen LogP contribution in [0.2, 0.25) is 0 Å². The number of hydrogen-bond donors (Lipinski definition) is 6. The summed E-state index contributed by atoms with van der Waals surface area (Å²) in [6.07, 6.45) is 78.1. The predicted molar refractivity (Wildman–Crippen MR) is 370 cm³/mol. The molecular formula is C77H141NO10. The van der Waals surface area contributed by atoms with Crippen LogP contribution in [0.15, 0.2) is 60.8 Å². The van der Waals surface area contributed by atoms with Crippen LogP contribution >= 0.6 is 0 Å². The average molecular weight is 1240 g/mol. The molecule has 1 rings (SSSR count). The van der Waals surface area contributed by atoms with Crippen LogP contribution in [0.4, 0.5) is 0 Å². The molecule has 0 saturated carbocycles. The average Bonchev–Trinajstić information content (AvgIpc) is 3.68. The van der Waals surface area contributed by atoms with Gasteiger partial charge in [-0.2, -0.15) is 0 Å². The van der Waals surface area contributed by atoms with Gasteiger partial charge >= 0.3 is 5.97 Å². The zero-order valence-electron chi connectivity index (χ0n) is 57.2. The van der Waals surface area contributed by atoms with Crippen LogP contribution in [0.25, 0.3) is 0 Å². The fourth-order valence-corrected chi connectivity index (χ4v) is 11.7. The minimum Gasteiger partial charge on any atom is -0.466 e. The molecule has 88 heavy (non-hydrogen) atoms. The molecule has 1 heterocycles. The van der Waals surface area contributed by atoms with Crippen LogP contribution < -0.4 is 5.32 Å². The molecule has 0 aromatic heterocycles. The summed E-state index contributed by atoms with van der Waals surface area (Å²) in [7, 11) is 0. The van der Waals surface area contributed by atoms with Crippen molar-refractivity contribution < 1.29 is 49.3 Å². The second-order valence-electron chi connectivity index (χ2n) is 26.0. The first-order chi connectivity index (χ1) is 43.2. The summed E-state index contributed by atoms with van der Waals surface area (Å²) in [4.78, 5) is 25.1. The van der Waals surface area contributed by atoms with E-state index in [1.165, 1.54) is 257 Å². The van der Waals surface area contributed by atoms with Gasteiger partial charge in [-0.15, -0.1) is 0 Å². The van der Waals surface area contributed by atoms with Gasteiger partial charge in [0, 0.05) is 12.8 Å². The van der Waals surface area contributed by atoms with Crippen LogP contribution in [0.5, 0.6) is 0 Å². The van der Waals surface area contributed by atoms with E-state index in [0.29, 0.717) is 19.4 Å². The first-order valence-electron chi connectivity index (χ1n) is 37.6. The van der Waals surface area contributed by atoms with E-state index in [2.05, 4.69) is 67.8 Å².